The van der Waals surface area contributed by atoms with E-state index in [9.17, 15) is 9.59 Å². The molecule has 1 amide bonds. The summed E-state index contributed by atoms with van der Waals surface area (Å²) in [6.07, 6.45) is 1.65. The minimum atomic E-state index is -0.430. The number of aromatic nitrogens is 3. The summed E-state index contributed by atoms with van der Waals surface area (Å²) in [5.41, 5.74) is 1.01. The maximum Gasteiger partial charge on any atom is 0.276 e. The van der Waals surface area contributed by atoms with Gasteiger partial charge >= 0.3 is 0 Å². The highest BCUT2D eigenvalue weighted by Gasteiger charge is 2.13. The van der Waals surface area contributed by atoms with E-state index in [-0.39, 0.29) is 11.3 Å². The molecule has 7 heteroatoms. The largest absolute Gasteiger partial charge is 0.497 e. The molecule has 0 radical (unpaired) electrons. The number of carbonyl (C=O) groups excluding carboxylic acids is 1. The molecule has 1 aromatic carbocycles. The van der Waals surface area contributed by atoms with Gasteiger partial charge in [0.25, 0.3) is 11.5 Å². The molecule has 0 unspecified atom stereocenters. The van der Waals surface area contributed by atoms with E-state index < -0.39 is 5.91 Å². The van der Waals surface area contributed by atoms with E-state index >= 15 is 0 Å². The summed E-state index contributed by atoms with van der Waals surface area (Å²) in [4.78, 5) is 28.0. The van der Waals surface area contributed by atoms with Crippen molar-refractivity contribution in [2.45, 2.75) is 0 Å². The van der Waals surface area contributed by atoms with Crippen LogP contribution < -0.4 is 15.6 Å². The number of rotatable bonds is 3. The lowest BCUT2D eigenvalue weighted by molar-refractivity contribution is 0.102. The molecule has 2 heterocycles. The Hall–Kier alpha value is -3.22. The standard InChI is InChI=1S/C16H14N4O3/c1-20-14(21)6-5-12(19-20)16(22)18-13-9-11(23-2)8-10-4-3-7-17-15(10)13/h3-9H,1-2H3,(H,18,22). The summed E-state index contributed by atoms with van der Waals surface area (Å²) < 4.78 is 6.35. The van der Waals surface area contributed by atoms with Crippen molar-refractivity contribution in [3.8, 4) is 5.75 Å². The Morgan fingerprint density at radius 1 is 1.26 bits per heavy atom. The number of amides is 1. The number of anilines is 1. The SMILES string of the molecule is COc1cc(NC(=O)c2ccc(=O)n(C)n2)c2ncccc2c1. The number of hydrogen-bond acceptors (Lipinski definition) is 5. The fourth-order valence-corrected chi connectivity index (χ4v) is 2.19. The quantitative estimate of drug-likeness (QED) is 0.794. The Morgan fingerprint density at radius 3 is 2.83 bits per heavy atom. The second kappa shape index (κ2) is 5.88. The lowest BCUT2D eigenvalue weighted by Crippen LogP contribution is -2.23. The Balaban J connectivity index is 2.01. The zero-order chi connectivity index (χ0) is 16.4. The van der Waals surface area contributed by atoms with E-state index in [0.29, 0.717) is 17.0 Å². The third kappa shape index (κ3) is 2.89. The second-order valence-corrected chi connectivity index (χ2v) is 4.88. The molecular weight excluding hydrogens is 296 g/mol. The zero-order valence-corrected chi connectivity index (χ0v) is 12.6. The number of methoxy groups -OCH3 is 1. The van der Waals surface area contributed by atoms with Gasteiger partial charge in [-0.15, -0.1) is 0 Å². The van der Waals surface area contributed by atoms with Crippen LogP contribution in [0.2, 0.25) is 0 Å². The number of fused-ring (bicyclic) bond motifs is 1. The second-order valence-electron chi connectivity index (χ2n) is 4.88. The molecule has 7 nitrogen and oxygen atoms in total. The van der Waals surface area contributed by atoms with Crippen molar-refractivity contribution in [3.05, 3.63) is 58.6 Å². The average molecular weight is 310 g/mol. The molecule has 0 fully saturated rings. The average Bonchev–Trinajstić information content (AvgIpc) is 2.57. The molecule has 0 bridgehead atoms. The number of hydrogen-bond donors (Lipinski definition) is 1. The summed E-state index contributed by atoms with van der Waals surface area (Å²) >= 11 is 0. The van der Waals surface area contributed by atoms with Crippen LogP contribution in [0.1, 0.15) is 10.5 Å². The topological polar surface area (TPSA) is 86.1 Å². The van der Waals surface area contributed by atoms with Crippen molar-refractivity contribution in [1.29, 1.82) is 0 Å². The molecule has 0 spiro atoms. The number of carbonyl (C=O) groups is 1. The Bertz CT molecular complexity index is 949. The monoisotopic (exact) mass is 310 g/mol. The molecule has 0 aliphatic rings. The smallest absolute Gasteiger partial charge is 0.276 e. The summed E-state index contributed by atoms with van der Waals surface area (Å²) in [5, 5.41) is 7.54. The summed E-state index contributed by atoms with van der Waals surface area (Å²) in [6, 6.07) is 9.89. The zero-order valence-electron chi connectivity index (χ0n) is 12.6. The highest BCUT2D eigenvalue weighted by Crippen LogP contribution is 2.27. The van der Waals surface area contributed by atoms with Crippen LogP contribution in [-0.2, 0) is 7.05 Å². The predicted octanol–water partition coefficient (Wildman–Crippen LogP) is 1.59. The molecule has 0 aliphatic heterocycles. The van der Waals surface area contributed by atoms with Crippen LogP contribution in [0, 0.1) is 0 Å². The summed E-state index contributed by atoms with van der Waals surface area (Å²) in [6.45, 7) is 0. The first kappa shape index (κ1) is 14.7. The molecule has 0 saturated carbocycles. The molecule has 116 valence electrons. The fraction of sp³-hybridized carbons (Fsp3) is 0.125. The lowest BCUT2D eigenvalue weighted by atomic mass is 10.1. The third-order valence-electron chi connectivity index (χ3n) is 3.36. The minimum absolute atomic E-state index is 0.138. The van der Waals surface area contributed by atoms with Crippen molar-refractivity contribution in [3.63, 3.8) is 0 Å². The third-order valence-corrected chi connectivity index (χ3v) is 3.36. The predicted molar refractivity (Wildman–Crippen MR) is 85.7 cm³/mol. The first-order valence-corrected chi connectivity index (χ1v) is 6.87. The van der Waals surface area contributed by atoms with Crippen LogP contribution in [0.15, 0.2) is 47.4 Å². The molecule has 0 saturated heterocycles. The number of benzene rings is 1. The van der Waals surface area contributed by atoms with Gasteiger partial charge in [-0.1, -0.05) is 6.07 Å². The van der Waals surface area contributed by atoms with Gasteiger partial charge in [-0.05, 0) is 18.2 Å². The van der Waals surface area contributed by atoms with Crippen LogP contribution in [0.25, 0.3) is 10.9 Å². The van der Waals surface area contributed by atoms with E-state index in [1.54, 1.807) is 19.4 Å². The van der Waals surface area contributed by atoms with Gasteiger partial charge in [-0.3, -0.25) is 14.6 Å². The molecule has 3 rings (SSSR count). The van der Waals surface area contributed by atoms with Crippen molar-refractivity contribution < 1.29 is 9.53 Å². The maximum atomic E-state index is 12.4. The van der Waals surface area contributed by atoms with E-state index in [0.717, 1.165) is 10.1 Å². The van der Waals surface area contributed by atoms with Gasteiger partial charge in [0.15, 0.2) is 0 Å². The Kier molecular flexibility index (Phi) is 3.76. The summed E-state index contributed by atoms with van der Waals surface area (Å²) in [7, 11) is 3.04. The van der Waals surface area contributed by atoms with Gasteiger partial charge in [-0.2, -0.15) is 5.10 Å². The lowest BCUT2D eigenvalue weighted by Gasteiger charge is -2.10. The van der Waals surface area contributed by atoms with E-state index in [1.807, 2.05) is 18.2 Å². The number of ether oxygens (including phenoxy) is 1. The molecule has 3 aromatic rings. The van der Waals surface area contributed by atoms with Crippen LogP contribution in [-0.4, -0.2) is 27.8 Å². The number of nitrogens with one attached hydrogen (secondary N) is 1. The Morgan fingerprint density at radius 2 is 2.09 bits per heavy atom. The van der Waals surface area contributed by atoms with Crippen molar-refractivity contribution >= 4 is 22.5 Å². The van der Waals surface area contributed by atoms with Gasteiger partial charge in [0.1, 0.15) is 11.4 Å². The van der Waals surface area contributed by atoms with Gasteiger partial charge in [0.2, 0.25) is 0 Å². The van der Waals surface area contributed by atoms with Crippen molar-refractivity contribution in [2.24, 2.45) is 7.05 Å². The molecule has 1 N–H and O–H groups in total. The van der Waals surface area contributed by atoms with Crippen molar-refractivity contribution in [2.75, 3.05) is 12.4 Å². The Labute approximate surface area is 131 Å². The first-order chi connectivity index (χ1) is 11.1. The molecule has 2 aromatic heterocycles. The van der Waals surface area contributed by atoms with Gasteiger partial charge in [0, 0.05) is 30.8 Å². The number of nitrogens with zero attached hydrogens (tertiary/aromatic N) is 3. The van der Waals surface area contributed by atoms with Gasteiger partial charge in [-0.25, -0.2) is 4.68 Å². The highest BCUT2D eigenvalue weighted by molar-refractivity contribution is 6.07. The van der Waals surface area contributed by atoms with Gasteiger partial charge < -0.3 is 10.1 Å². The van der Waals surface area contributed by atoms with Gasteiger partial charge in [0.05, 0.1) is 18.3 Å². The molecule has 0 aliphatic carbocycles. The number of pyridine rings is 1. The summed E-state index contributed by atoms with van der Waals surface area (Å²) in [5.74, 6) is 0.176. The van der Waals surface area contributed by atoms with E-state index in [1.165, 1.54) is 19.2 Å². The highest BCUT2D eigenvalue weighted by atomic mass is 16.5. The normalized spacial score (nSPS) is 10.5. The van der Waals surface area contributed by atoms with Crippen LogP contribution in [0.5, 0.6) is 5.75 Å². The minimum Gasteiger partial charge on any atom is -0.497 e. The molecule has 23 heavy (non-hydrogen) atoms. The van der Waals surface area contributed by atoms with E-state index in [2.05, 4.69) is 15.4 Å². The maximum absolute atomic E-state index is 12.4. The first-order valence-electron chi connectivity index (χ1n) is 6.87. The fourth-order valence-electron chi connectivity index (χ4n) is 2.19. The van der Waals surface area contributed by atoms with Crippen LogP contribution in [0.3, 0.4) is 0 Å². The molecule has 0 atom stereocenters. The number of aryl methyl sites for hydroxylation is 1. The molecular formula is C16H14N4O3. The van der Waals surface area contributed by atoms with Crippen LogP contribution >= 0.6 is 0 Å². The van der Waals surface area contributed by atoms with E-state index in [4.69, 9.17) is 4.74 Å². The van der Waals surface area contributed by atoms with Crippen molar-refractivity contribution in [1.82, 2.24) is 14.8 Å². The van der Waals surface area contributed by atoms with Crippen LogP contribution in [0.4, 0.5) is 5.69 Å².